The van der Waals surface area contributed by atoms with Gasteiger partial charge in [0, 0.05) is 19.9 Å². The summed E-state index contributed by atoms with van der Waals surface area (Å²) in [4.78, 5) is 21.3. The molecule has 108 valence electrons. The molecule has 19 heavy (non-hydrogen) atoms. The summed E-state index contributed by atoms with van der Waals surface area (Å²) in [5.41, 5.74) is -0.0127. The molecule has 0 aliphatic heterocycles. The second kappa shape index (κ2) is 11.2. The highest BCUT2D eigenvalue weighted by Crippen LogP contribution is 2.21. The van der Waals surface area contributed by atoms with Gasteiger partial charge in [0.2, 0.25) is 5.91 Å². The summed E-state index contributed by atoms with van der Waals surface area (Å²) in [6, 6.07) is 3.67. The van der Waals surface area contributed by atoms with E-state index >= 15 is 0 Å². The van der Waals surface area contributed by atoms with Crippen LogP contribution in [0.4, 0.5) is 10.1 Å². The van der Waals surface area contributed by atoms with Crippen molar-refractivity contribution in [3.05, 3.63) is 24.0 Å². The Kier molecular flexibility index (Phi) is 11.4. The first-order valence-corrected chi connectivity index (χ1v) is 6.24. The lowest BCUT2D eigenvalue weighted by Gasteiger charge is -2.06. The number of halogens is 1. The number of carbonyl (C=O) groups excluding carboxylic acids is 2. The van der Waals surface area contributed by atoms with Crippen molar-refractivity contribution in [3.8, 4) is 5.75 Å². The van der Waals surface area contributed by atoms with Crippen molar-refractivity contribution in [1.82, 2.24) is 0 Å². The first kappa shape index (κ1) is 19.4. The summed E-state index contributed by atoms with van der Waals surface area (Å²) in [6.07, 6.45) is 0. The van der Waals surface area contributed by atoms with Crippen LogP contribution >= 0.6 is 0 Å². The van der Waals surface area contributed by atoms with Gasteiger partial charge in [0.25, 0.3) is 0 Å². The van der Waals surface area contributed by atoms with E-state index in [-0.39, 0.29) is 11.4 Å². The first-order chi connectivity index (χ1) is 8.99. The zero-order valence-corrected chi connectivity index (χ0v) is 12.3. The van der Waals surface area contributed by atoms with E-state index in [1.54, 1.807) is 0 Å². The average Bonchev–Trinajstić information content (AvgIpc) is 2.37. The van der Waals surface area contributed by atoms with Crippen LogP contribution in [0.15, 0.2) is 18.2 Å². The number of esters is 1. The Morgan fingerprint density at radius 3 is 2.05 bits per heavy atom. The van der Waals surface area contributed by atoms with E-state index in [2.05, 4.69) is 5.32 Å². The predicted octanol–water partition coefficient (Wildman–Crippen LogP) is 3.76. The molecule has 0 aliphatic carbocycles. The fourth-order valence-electron chi connectivity index (χ4n) is 1.02. The van der Waals surface area contributed by atoms with Crippen LogP contribution in [0, 0.1) is 5.82 Å². The number of rotatable bonds is 2. The third-order valence-corrected chi connectivity index (χ3v) is 1.51. The van der Waals surface area contributed by atoms with Gasteiger partial charge in [-0.3, -0.25) is 9.59 Å². The summed E-state index contributed by atoms with van der Waals surface area (Å²) in [6.45, 7) is 10.5. The molecule has 0 aromatic heterocycles. The van der Waals surface area contributed by atoms with Crippen LogP contribution < -0.4 is 10.1 Å². The van der Waals surface area contributed by atoms with Crippen molar-refractivity contribution in [1.29, 1.82) is 0 Å². The Morgan fingerprint density at radius 2 is 1.63 bits per heavy atom. The molecule has 0 atom stereocenters. The van der Waals surface area contributed by atoms with E-state index in [1.165, 1.54) is 26.0 Å². The molecular formula is C14H22FNO3. The molecule has 1 amide bonds. The van der Waals surface area contributed by atoms with Crippen molar-refractivity contribution in [3.63, 3.8) is 0 Å². The number of carbonyl (C=O) groups is 2. The van der Waals surface area contributed by atoms with E-state index in [4.69, 9.17) is 4.74 Å². The van der Waals surface area contributed by atoms with Crippen molar-refractivity contribution >= 4 is 17.6 Å². The van der Waals surface area contributed by atoms with Gasteiger partial charge in [0.05, 0.1) is 5.69 Å². The topological polar surface area (TPSA) is 55.4 Å². The highest BCUT2D eigenvalue weighted by molar-refractivity contribution is 5.89. The Morgan fingerprint density at radius 1 is 1.11 bits per heavy atom. The molecule has 5 heteroatoms. The zero-order chi connectivity index (χ0) is 15.4. The monoisotopic (exact) mass is 271 g/mol. The van der Waals surface area contributed by atoms with Gasteiger partial charge in [-0.05, 0) is 12.1 Å². The van der Waals surface area contributed by atoms with E-state index in [9.17, 15) is 14.0 Å². The number of hydrogen-bond acceptors (Lipinski definition) is 3. The third kappa shape index (κ3) is 8.77. The molecular weight excluding hydrogens is 249 g/mol. The molecule has 0 aliphatic rings. The summed E-state index contributed by atoms with van der Waals surface area (Å²) >= 11 is 0. The smallest absolute Gasteiger partial charge is 0.308 e. The number of ether oxygens (including phenoxy) is 1. The molecule has 1 aromatic rings. The summed E-state index contributed by atoms with van der Waals surface area (Å²) in [5, 5.41) is 2.28. The molecule has 0 heterocycles. The normalized spacial score (nSPS) is 8.16. The minimum absolute atomic E-state index is 0.0127. The number of nitrogens with one attached hydrogen (secondary N) is 1. The lowest BCUT2D eigenvalue weighted by Crippen LogP contribution is -2.08. The van der Waals surface area contributed by atoms with Gasteiger partial charge in [-0.2, -0.15) is 0 Å². The van der Waals surface area contributed by atoms with Crippen molar-refractivity contribution in [2.45, 2.75) is 41.5 Å². The van der Waals surface area contributed by atoms with Gasteiger partial charge in [0.1, 0.15) is 11.6 Å². The minimum Gasteiger partial charge on any atom is -0.427 e. The number of anilines is 1. The predicted molar refractivity (Wildman–Crippen MR) is 74.7 cm³/mol. The molecule has 1 N–H and O–H groups in total. The van der Waals surface area contributed by atoms with Crippen LogP contribution in [0.25, 0.3) is 0 Å². The summed E-state index contributed by atoms with van der Waals surface area (Å²) < 4.78 is 17.8. The first-order valence-electron chi connectivity index (χ1n) is 6.24. The van der Waals surface area contributed by atoms with Gasteiger partial charge in [0.15, 0.2) is 0 Å². The van der Waals surface area contributed by atoms with Gasteiger partial charge in [-0.1, -0.05) is 27.7 Å². The fourth-order valence-corrected chi connectivity index (χ4v) is 1.02. The lowest BCUT2D eigenvalue weighted by atomic mass is 10.3. The van der Waals surface area contributed by atoms with Crippen LogP contribution in [-0.2, 0) is 9.59 Å². The third-order valence-electron chi connectivity index (χ3n) is 1.51. The molecule has 0 saturated carbocycles. The Hall–Kier alpha value is -1.91. The second-order valence-electron chi connectivity index (χ2n) is 2.92. The van der Waals surface area contributed by atoms with Crippen LogP contribution in [-0.4, -0.2) is 11.9 Å². The van der Waals surface area contributed by atoms with Gasteiger partial charge in [-0.25, -0.2) is 4.39 Å². The highest BCUT2D eigenvalue weighted by atomic mass is 19.1. The number of benzene rings is 1. The molecule has 1 rings (SSSR count). The fraction of sp³-hybridized carbons (Fsp3) is 0.429. The maximum Gasteiger partial charge on any atom is 0.308 e. The van der Waals surface area contributed by atoms with Gasteiger partial charge < -0.3 is 10.1 Å². The van der Waals surface area contributed by atoms with Gasteiger partial charge in [-0.15, -0.1) is 0 Å². The molecule has 1 aromatic carbocycles. The second-order valence-corrected chi connectivity index (χ2v) is 2.92. The van der Waals surface area contributed by atoms with Gasteiger partial charge >= 0.3 is 5.97 Å². The molecule has 0 radical (unpaired) electrons. The molecule has 0 bridgehead atoms. The lowest BCUT2D eigenvalue weighted by molar-refractivity contribution is -0.131. The van der Waals surface area contributed by atoms with Crippen LogP contribution in [0.3, 0.4) is 0 Å². The van der Waals surface area contributed by atoms with Crippen LogP contribution in [0.2, 0.25) is 0 Å². The maximum absolute atomic E-state index is 13.1. The van der Waals surface area contributed by atoms with E-state index < -0.39 is 17.7 Å². The zero-order valence-electron chi connectivity index (χ0n) is 12.3. The molecule has 4 nitrogen and oxygen atoms in total. The number of amides is 1. The van der Waals surface area contributed by atoms with Crippen molar-refractivity contribution < 1.29 is 18.7 Å². The quantitative estimate of drug-likeness (QED) is 0.658. The van der Waals surface area contributed by atoms with Crippen molar-refractivity contribution in [2.24, 2.45) is 0 Å². The Balaban J connectivity index is 0. The minimum atomic E-state index is -0.582. The largest absolute Gasteiger partial charge is 0.427 e. The summed E-state index contributed by atoms with van der Waals surface area (Å²) in [7, 11) is 0. The molecule has 0 spiro atoms. The van der Waals surface area contributed by atoms with Crippen molar-refractivity contribution in [2.75, 3.05) is 5.32 Å². The molecule has 0 unspecified atom stereocenters. The van der Waals surface area contributed by atoms with E-state index in [1.807, 2.05) is 27.7 Å². The van der Waals surface area contributed by atoms with E-state index in [0.717, 1.165) is 6.07 Å². The maximum atomic E-state index is 13.1. The SMILES string of the molecule is CC.CC.CC(=O)Nc1cc(OC(C)=O)ccc1F. The number of hydrogen-bond donors (Lipinski definition) is 1. The Bertz CT molecular complexity index is 406. The standard InChI is InChI=1S/C10H10FNO3.2C2H6/c1-6(13)12-10-5-8(15-7(2)14)3-4-9(10)11;2*1-2/h3-5H,1-2H3,(H,12,13);2*1-2H3. The van der Waals surface area contributed by atoms with E-state index in [0.29, 0.717) is 0 Å². The molecule has 0 saturated heterocycles. The average molecular weight is 271 g/mol. The Labute approximate surface area is 114 Å². The van der Waals surface area contributed by atoms with Crippen LogP contribution in [0.5, 0.6) is 5.75 Å². The van der Waals surface area contributed by atoms with Crippen LogP contribution in [0.1, 0.15) is 41.5 Å². The molecule has 0 fully saturated rings. The summed E-state index contributed by atoms with van der Waals surface area (Å²) in [5.74, 6) is -1.29. The highest BCUT2D eigenvalue weighted by Gasteiger charge is 2.06.